The average molecular weight is 237 g/mol. The largest absolute Gasteiger partial charge is 0.311 e. The second kappa shape index (κ2) is 5.63. The van der Waals surface area contributed by atoms with Crippen LogP contribution in [0.2, 0.25) is 0 Å². The third-order valence-electron chi connectivity index (χ3n) is 3.29. The number of rotatable bonds is 4. The summed E-state index contributed by atoms with van der Waals surface area (Å²) >= 11 is 0. The molecule has 0 amide bonds. The van der Waals surface area contributed by atoms with Gasteiger partial charge in [-0.25, -0.2) is 4.39 Å². The first kappa shape index (κ1) is 14.2. The van der Waals surface area contributed by atoms with Gasteiger partial charge in [-0.3, -0.25) is 0 Å². The second-order valence-corrected chi connectivity index (χ2v) is 5.99. The number of hydrogen-bond acceptors (Lipinski definition) is 1. The molecule has 0 bridgehead atoms. The maximum atomic E-state index is 12.8. The zero-order valence-corrected chi connectivity index (χ0v) is 11.5. The minimum absolute atomic E-state index is 0.169. The Hall–Kier alpha value is -0.890. The number of hydrogen-bond donors (Lipinski definition) is 1. The van der Waals surface area contributed by atoms with E-state index in [0.29, 0.717) is 12.1 Å². The lowest BCUT2D eigenvalue weighted by atomic mass is 9.87. The van der Waals surface area contributed by atoms with Gasteiger partial charge < -0.3 is 5.32 Å². The highest BCUT2D eigenvalue weighted by molar-refractivity contribution is 5.17. The Morgan fingerprint density at radius 3 is 2.12 bits per heavy atom. The molecule has 0 aliphatic heterocycles. The van der Waals surface area contributed by atoms with Crippen molar-refractivity contribution in [1.82, 2.24) is 5.32 Å². The van der Waals surface area contributed by atoms with Crippen LogP contribution in [0.5, 0.6) is 0 Å². The highest BCUT2D eigenvalue weighted by atomic mass is 19.1. The van der Waals surface area contributed by atoms with Gasteiger partial charge in [-0.2, -0.15) is 0 Å². The van der Waals surface area contributed by atoms with E-state index < -0.39 is 0 Å². The predicted molar refractivity (Wildman–Crippen MR) is 71.6 cm³/mol. The van der Waals surface area contributed by atoms with Gasteiger partial charge in [0, 0.05) is 12.1 Å². The summed E-state index contributed by atoms with van der Waals surface area (Å²) in [5.41, 5.74) is 1.43. The normalized spacial score (nSPS) is 15.6. The van der Waals surface area contributed by atoms with Gasteiger partial charge in [-0.05, 0) is 43.4 Å². The van der Waals surface area contributed by atoms with Gasteiger partial charge in [0.05, 0.1) is 0 Å². The van der Waals surface area contributed by atoms with Crippen molar-refractivity contribution < 1.29 is 4.39 Å². The fraction of sp³-hybridized carbons (Fsp3) is 0.600. The topological polar surface area (TPSA) is 12.0 Å². The van der Waals surface area contributed by atoms with Crippen LogP contribution in [0.3, 0.4) is 0 Å². The van der Waals surface area contributed by atoms with E-state index in [1.165, 1.54) is 17.7 Å². The van der Waals surface area contributed by atoms with Crippen molar-refractivity contribution in [3.63, 3.8) is 0 Å². The molecule has 1 nitrogen and oxygen atoms in total. The van der Waals surface area contributed by atoms with Crippen molar-refractivity contribution in [1.29, 1.82) is 0 Å². The van der Waals surface area contributed by atoms with E-state index in [2.05, 4.69) is 39.9 Å². The van der Waals surface area contributed by atoms with Gasteiger partial charge in [0.2, 0.25) is 0 Å². The molecule has 1 N–H and O–H groups in total. The van der Waals surface area contributed by atoms with E-state index >= 15 is 0 Å². The fourth-order valence-electron chi connectivity index (χ4n) is 1.71. The molecule has 0 radical (unpaired) electrons. The third kappa shape index (κ3) is 4.86. The zero-order valence-electron chi connectivity index (χ0n) is 11.5. The maximum absolute atomic E-state index is 12.8. The molecule has 2 heteroatoms. The van der Waals surface area contributed by atoms with Crippen LogP contribution < -0.4 is 5.32 Å². The lowest BCUT2D eigenvalue weighted by Crippen LogP contribution is -2.43. The van der Waals surface area contributed by atoms with Crippen LogP contribution in [-0.4, -0.2) is 12.1 Å². The van der Waals surface area contributed by atoms with Gasteiger partial charge in [0.25, 0.3) is 0 Å². The molecule has 1 aromatic carbocycles. The van der Waals surface area contributed by atoms with Crippen LogP contribution in [0, 0.1) is 11.2 Å². The van der Waals surface area contributed by atoms with Crippen molar-refractivity contribution in [3.8, 4) is 0 Å². The van der Waals surface area contributed by atoms with Gasteiger partial charge in [0.1, 0.15) is 5.82 Å². The number of halogens is 1. The molecule has 1 aromatic rings. The Morgan fingerprint density at radius 1 is 1.12 bits per heavy atom. The van der Waals surface area contributed by atoms with Crippen LogP contribution in [0.4, 0.5) is 4.39 Å². The number of benzene rings is 1. The summed E-state index contributed by atoms with van der Waals surface area (Å²) in [5, 5.41) is 3.59. The summed E-state index contributed by atoms with van der Waals surface area (Å²) in [5.74, 6) is -0.169. The van der Waals surface area contributed by atoms with Crippen molar-refractivity contribution in [2.75, 3.05) is 0 Å². The molecule has 0 saturated heterocycles. The minimum Gasteiger partial charge on any atom is -0.311 e. The lowest BCUT2D eigenvalue weighted by molar-refractivity contribution is 0.266. The van der Waals surface area contributed by atoms with Crippen molar-refractivity contribution in [3.05, 3.63) is 35.6 Å². The molecule has 0 aromatic heterocycles. The third-order valence-corrected chi connectivity index (χ3v) is 3.29. The molecule has 0 saturated carbocycles. The van der Waals surface area contributed by atoms with Crippen LogP contribution in [-0.2, 0) is 6.42 Å². The summed E-state index contributed by atoms with van der Waals surface area (Å²) in [4.78, 5) is 0. The fourth-order valence-corrected chi connectivity index (χ4v) is 1.71. The smallest absolute Gasteiger partial charge is 0.123 e. The molecule has 0 aliphatic rings. The monoisotopic (exact) mass is 237 g/mol. The Labute approximate surface area is 104 Å². The summed E-state index contributed by atoms with van der Waals surface area (Å²) < 4.78 is 12.8. The molecule has 2 unspecified atom stereocenters. The van der Waals surface area contributed by atoms with Crippen LogP contribution in [0.15, 0.2) is 24.3 Å². The first-order chi connectivity index (χ1) is 7.79. The molecular formula is C15H24FN. The minimum atomic E-state index is -0.169. The van der Waals surface area contributed by atoms with Gasteiger partial charge in [-0.15, -0.1) is 0 Å². The van der Waals surface area contributed by atoms with E-state index in [9.17, 15) is 4.39 Å². The van der Waals surface area contributed by atoms with E-state index in [-0.39, 0.29) is 11.2 Å². The predicted octanol–water partition coefficient (Wildman–Crippen LogP) is 3.78. The highest BCUT2D eigenvalue weighted by Crippen LogP contribution is 2.19. The molecule has 1 rings (SSSR count). The number of nitrogens with one attached hydrogen (secondary N) is 1. The molecule has 0 spiro atoms. The highest BCUT2D eigenvalue weighted by Gasteiger charge is 2.21. The van der Waals surface area contributed by atoms with Crippen LogP contribution in [0.1, 0.15) is 40.2 Å². The summed E-state index contributed by atoms with van der Waals surface area (Å²) in [6, 6.07) is 7.61. The molecule has 17 heavy (non-hydrogen) atoms. The van der Waals surface area contributed by atoms with Crippen molar-refractivity contribution >= 4 is 0 Å². The van der Waals surface area contributed by atoms with Gasteiger partial charge in [-0.1, -0.05) is 32.9 Å². The van der Waals surface area contributed by atoms with Gasteiger partial charge >= 0.3 is 0 Å². The summed E-state index contributed by atoms with van der Waals surface area (Å²) in [7, 11) is 0. The molecule has 0 heterocycles. The van der Waals surface area contributed by atoms with E-state index in [4.69, 9.17) is 0 Å². The van der Waals surface area contributed by atoms with Crippen molar-refractivity contribution in [2.24, 2.45) is 5.41 Å². The molecule has 2 atom stereocenters. The lowest BCUT2D eigenvalue weighted by Gasteiger charge is -2.31. The van der Waals surface area contributed by atoms with Crippen LogP contribution >= 0.6 is 0 Å². The summed E-state index contributed by atoms with van der Waals surface area (Å²) in [6.45, 7) is 11.1. The average Bonchev–Trinajstić information content (AvgIpc) is 2.20. The molecule has 96 valence electrons. The standard InChI is InChI=1S/C15H24FN/c1-11(17-12(2)15(3,4)5)10-13-6-8-14(16)9-7-13/h6-9,11-12,17H,10H2,1-5H3. The van der Waals surface area contributed by atoms with E-state index in [1.54, 1.807) is 0 Å². The Kier molecular flexibility index (Phi) is 4.70. The molecular weight excluding hydrogens is 213 g/mol. The molecule has 0 aliphatic carbocycles. The van der Waals surface area contributed by atoms with E-state index in [0.717, 1.165) is 6.42 Å². The Balaban J connectivity index is 2.50. The van der Waals surface area contributed by atoms with E-state index in [1.807, 2.05) is 12.1 Å². The summed E-state index contributed by atoms with van der Waals surface area (Å²) in [6.07, 6.45) is 0.931. The van der Waals surface area contributed by atoms with Crippen molar-refractivity contribution in [2.45, 2.75) is 53.1 Å². The zero-order chi connectivity index (χ0) is 13.1. The Morgan fingerprint density at radius 2 is 1.65 bits per heavy atom. The quantitative estimate of drug-likeness (QED) is 0.840. The molecule has 0 fully saturated rings. The first-order valence-corrected chi connectivity index (χ1v) is 6.29. The second-order valence-electron chi connectivity index (χ2n) is 5.99. The van der Waals surface area contributed by atoms with Crippen LogP contribution in [0.25, 0.3) is 0 Å². The first-order valence-electron chi connectivity index (χ1n) is 6.29. The van der Waals surface area contributed by atoms with Gasteiger partial charge in [0.15, 0.2) is 0 Å². The SMILES string of the molecule is CC(Cc1ccc(F)cc1)NC(C)C(C)(C)C. The Bertz CT molecular complexity index is 337. The maximum Gasteiger partial charge on any atom is 0.123 e.